The van der Waals surface area contributed by atoms with Crippen LogP contribution in [0.2, 0.25) is 0 Å². The molecule has 0 spiro atoms. The van der Waals surface area contributed by atoms with Crippen LogP contribution in [0.15, 0.2) is 20.4 Å². The van der Waals surface area contributed by atoms with E-state index in [1.807, 2.05) is 0 Å². The molecule has 0 aliphatic carbocycles. The average molecular weight is 282 g/mol. The van der Waals surface area contributed by atoms with Gasteiger partial charge in [-0.1, -0.05) is 35.8 Å². The van der Waals surface area contributed by atoms with Crippen LogP contribution in [0, 0.1) is 0 Å². The van der Waals surface area contributed by atoms with Gasteiger partial charge in [0.05, 0.1) is 0 Å². The molecule has 0 radical (unpaired) electrons. The molecule has 0 rings (SSSR count). The number of isocyanates is 4. The van der Waals surface area contributed by atoms with Crippen molar-refractivity contribution >= 4 is 36.4 Å². The quantitative estimate of drug-likeness (QED) is 0.352. The fourth-order valence-corrected chi connectivity index (χ4v) is 0.694. The zero-order chi connectivity index (χ0) is 15.5. The summed E-state index contributed by atoms with van der Waals surface area (Å²) in [7, 11) is 0. The van der Waals surface area contributed by atoms with Crippen molar-refractivity contribution in [3.8, 4) is 0 Å². The molecule has 102 valence electrons. The molecule has 0 bridgehead atoms. The number of urea groups is 2. The van der Waals surface area contributed by atoms with Gasteiger partial charge in [0.25, 0.3) is 24.3 Å². The summed E-state index contributed by atoms with van der Waals surface area (Å²) in [4.78, 5) is 62.8. The third-order valence-corrected chi connectivity index (χ3v) is 1.26. The number of hydrogen-bond acceptors (Lipinski definition) is 10. The number of rotatable bonds is 4. The summed E-state index contributed by atoms with van der Waals surface area (Å²) < 4.78 is 0. The van der Waals surface area contributed by atoms with E-state index in [0.717, 1.165) is 24.3 Å². The lowest BCUT2D eigenvalue weighted by molar-refractivity contribution is 0.0362. The maximum Gasteiger partial charge on any atom is 0.406 e. The van der Waals surface area contributed by atoms with Crippen molar-refractivity contribution in [2.75, 3.05) is 0 Å². The summed E-state index contributed by atoms with van der Waals surface area (Å²) in [6.07, 6.45) is 3.30. The Labute approximate surface area is 108 Å². The van der Waals surface area contributed by atoms with E-state index >= 15 is 0 Å². The van der Waals surface area contributed by atoms with E-state index in [1.54, 1.807) is 0 Å². The van der Waals surface area contributed by atoms with Gasteiger partial charge >= 0.3 is 12.1 Å². The normalized spacial score (nSPS) is 7.60. The van der Waals surface area contributed by atoms with E-state index in [1.165, 1.54) is 0 Å². The Morgan fingerprint density at radius 2 is 1.15 bits per heavy atom. The van der Waals surface area contributed by atoms with Crippen molar-refractivity contribution in [2.24, 2.45) is 26.1 Å². The van der Waals surface area contributed by atoms with Crippen LogP contribution in [0.25, 0.3) is 0 Å². The van der Waals surface area contributed by atoms with Crippen molar-refractivity contribution in [3.05, 3.63) is 0 Å². The fraction of sp³-hybridized carbons (Fsp3) is 0. The number of carbonyl (C=O) groups excluding carboxylic acids is 6. The molecule has 0 aromatic rings. The number of primary amides is 1. The van der Waals surface area contributed by atoms with Gasteiger partial charge in [0.15, 0.2) is 0 Å². The van der Waals surface area contributed by atoms with Crippen LogP contribution >= 0.6 is 0 Å². The van der Waals surface area contributed by atoms with Crippen molar-refractivity contribution in [1.29, 1.82) is 0 Å². The SMILES string of the molecule is NC(=O)N(N=C=O)N(N=C=O)C(=O)N(N=C=O)N=C=O. The first-order valence-corrected chi connectivity index (χ1v) is 4.08. The predicted octanol–water partition coefficient (Wildman–Crippen LogP) is -1.99. The topological polar surface area (TPSA) is 188 Å². The molecule has 20 heavy (non-hydrogen) atoms. The van der Waals surface area contributed by atoms with Crippen molar-refractivity contribution in [1.82, 2.24) is 15.4 Å². The van der Waals surface area contributed by atoms with Crippen LogP contribution in [-0.2, 0) is 19.2 Å². The molecular weight excluding hydrogens is 280 g/mol. The maximum absolute atomic E-state index is 11.6. The van der Waals surface area contributed by atoms with Gasteiger partial charge in [-0.05, 0) is 0 Å². The van der Waals surface area contributed by atoms with Crippen LogP contribution in [0.1, 0.15) is 0 Å². The van der Waals surface area contributed by atoms with Gasteiger partial charge in [0, 0.05) is 0 Å². The fourth-order valence-electron chi connectivity index (χ4n) is 0.694. The van der Waals surface area contributed by atoms with Crippen LogP contribution in [0.4, 0.5) is 9.59 Å². The Bertz CT molecular complexity index is 571. The Balaban J connectivity index is 5.77. The van der Waals surface area contributed by atoms with Crippen LogP contribution in [0.5, 0.6) is 0 Å². The maximum atomic E-state index is 11.6. The molecule has 2 N–H and O–H groups in total. The lowest BCUT2D eigenvalue weighted by Gasteiger charge is -2.21. The van der Waals surface area contributed by atoms with Gasteiger partial charge < -0.3 is 5.73 Å². The van der Waals surface area contributed by atoms with Crippen molar-refractivity contribution in [3.63, 3.8) is 0 Å². The molecule has 0 fully saturated rings. The molecule has 0 aromatic carbocycles. The Hall–Kier alpha value is -3.94. The first-order valence-electron chi connectivity index (χ1n) is 4.08. The zero-order valence-corrected chi connectivity index (χ0v) is 9.16. The summed E-state index contributed by atoms with van der Waals surface area (Å²) in [5.41, 5.74) is 4.74. The van der Waals surface area contributed by atoms with E-state index in [2.05, 4.69) is 20.4 Å². The minimum Gasteiger partial charge on any atom is -0.348 e. The van der Waals surface area contributed by atoms with Gasteiger partial charge in [-0.15, -0.1) is 0 Å². The molecule has 0 heterocycles. The molecule has 0 aromatic heterocycles. The van der Waals surface area contributed by atoms with Gasteiger partial charge in [-0.25, -0.2) is 28.8 Å². The predicted molar refractivity (Wildman–Crippen MR) is 53.0 cm³/mol. The largest absolute Gasteiger partial charge is 0.406 e. The lowest BCUT2D eigenvalue weighted by atomic mass is 10.9. The highest BCUT2D eigenvalue weighted by atomic mass is 16.2. The second-order valence-corrected chi connectivity index (χ2v) is 2.25. The highest BCUT2D eigenvalue weighted by molar-refractivity contribution is 5.79. The third kappa shape index (κ3) is 4.14. The smallest absolute Gasteiger partial charge is 0.348 e. The molecule has 14 heteroatoms. The van der Waals surface area contributed by atoms with Crippen LogP contribution in [-0.4, -0.2) is 51.7 Å². The first kappa shape index (κ1) is 16.1. The highest BCUT2D eigenvalue weighted by Crippen LogP contribution is 2.06. The number of nitrogens with two attached hydrogens (primary N) is 1. The van der Waals surface area contributed by atoms with E-state index in [-0.39, 0.29) is 15.4 Å². The Morgan fingerprint density at radius 1 is 0.750 bits per heavy atom. The summed E-state index contributed by atoms with van der Waals surface area (Å²) in [5, 5.41) is 9.75. The monoisotopic (exact) mass is 282 g/mol. The van der Waals surface area contributed by atoms with Crippen molar-refractivity contribution < 1.29 is 28.8 Å². The zero-order valence-electron chi connectivity index (χ0n) is 9.16. The van der Waals surface area contributed by atoms with E-state index in [9.17, 15) is 28.8 Å². The number of hydrazine groups is 1. The minimum absolute atomic E-state index is 0.242. The molecular formula is C6H2N8O6. The molecule has 0 unspecified atom stereocenters. The number of hydrogen-bond donors (Lipinski definition) is 1. The minimum atomic E-state index is -1.68. The average Bonchev–Trinajstić information content (AvgIpc) is 2.41. The number of amides is 4. The summed E-state index contributed by atoms with van der Waals surface area (Å²) >= 11 is 0. The van der Waals surface area contributed by atoms with E-state index < -0.39 is 12.1 Å². The third-order valence-electron chi connectivity index (χ3n) is 1.26. The van der Waals surface area contributed by atoms with Crippen LogP contribution in [0.3, 0.4) is 0 Å². The van der Waals surface area contributed by atoms with E-state index in [0.29, 0.717) is 0 Å². The highest BCUT2D eigenvalue weighted by Gasteiger charge is 2.30. The molecule has 14 nitrogen and oxygen atoms in total. The van der Waals surface area contributed by atoms with Crippen molar-refractivity contribution in [2.45, 2.75) is 0 Å². The van der Waals surface area contributed by atoms with Crippen LogP contribution < -0.4 is 5.73 Å². The van der Waals surface area contributed by atoms with Gasteiger partial charge in [-0.3, -0.25) is 0 Å². The van der Waals surface area contributed by atoms with Gasteiger partial charge in [-0.2, -0.15) is 0 Å². The molecule has 0 aliphatic rings. The Morgan fingerprint density at radius 3 is 1.50 bits per heavy atom. The lowest BCUT2D eigenvalue weighted by Crippen LogP contribution is -2.49. The number of carbonyl (C=O) groups is 2. The molecule has 0 saturated carbocycles. The second-order valence-electron chi connectivity index (χ2n) is 2.25. The first-order chi connectivity index (χ1) is 9.53. The summed E-state index contributed by atoms with van der Waals surface area (Å²) in [6, 6.07) is -3.23. The Kier molecular flexibility index (Phi) is 6.58. The summed E-state index contributed by atoms with van der Waals surface area (Å²) in [6.45, 7) is 0. The molecule has 0 aliphatic heterocycles. The summed E-state index contributed by atoms with van der Waals surface area (Å²) in [5.74, 6) is 0. The molecule has 0 atom stereocenters. The number of hydrazone groups is 4. The van der Waals surface area contributed by atoms with Gasteiger partial charge in [0.1, 0.15) is 0 Å². The van der Waals surface area contributed by atoms with E-state index in [4.69, 9.17) is 5.73 Å². The second kappa shape index (κ2) is 8.20. The number of nitrogens with zero attached hydrogens (tertiary/aromatic N) is 7. The van der Waals surface area contributed by atoms with Gasteiger partial charge in [0.2, 0.25) is 0 Å². The molecule has 0 saturated heterocycles. The standard InChI is InChI=1S/C6H2N8O6/c7-5(19)13(10-3-17)14(11-4-18)6(20)12(8-1-15)9-2-16/h(H2,7,19). The molecule has 4 amide bonds.